The molecule has 2 atom stereocenters. The summed E-state index contributed by atoms with van der Waals surface area (Å²) >= 11 is 0. The van der Waals surface area contributed by atoms with E-state index in [4.69, 9.17) is 9.84 Å². The second-order valence-corrected chi connectivity index (χ2v) is 2.76. The lowest BCUT2D eigenvalue weighted by Gasteiger charge is -2.23. The third kappa shape index (κ3) is 1.70. The van der Waals surface area contributed by atoms with E-state index in [9.17, 15) is 4.79 Å². The minimum Gasteiger partial charge on any atom is -0.481 e. The van der Waals surface area contributed by atoms with Crippen molar-refractivity contribution in [3.05, 3.63) is 0 Å². The molecule has 0 aromatic rings. The van der Waals surface area contributed by atoms with Crippen LogP contribution >= 0.6 is 0 Å². The lowest BCUT2D eigenvalue weighted by molar-refractivity contribution is -0.147. The molecule has 0 bridgehead atoms. The van der Waals surface area contributed by atoms with Crippen molar-refractivity contribution in [2.45, 2.75) is 25.9 Å². The predicted molar refractivity (Wildman–Crippen MR) is 35.8 cm³/mol. The molecule has 0 spiro atoms. The second kappa shape index (κ2) is 3.01. The first kappa shape index (κ1) is 7.54. The Bertz CT molecular complexity index is 125. The molecule has 3 nitrogen and oxygen atoms in total. The average molecular weight is 144 g/mol. The first-order chi connectivity index (χ1) is 4.70. The van der Waals surface area contributed by atoms with Crippen LogP contribution in [-0.2, 0) is 9.53 Å². The van der Waals surface area contributed by atoms with Gasteiger partial charge >= 0.3 is 5.97 Å². The molecule has 1 heterocycles. The van der Waals surface area contributed by atoms with Crippen molar-refractivity contribution in [3.8, 4) is 0 Å². The number of hydrogen-bond donors (Lipinski definition) is 1. The van der Waals surface area contributed by atoms with Crippen molar-refractivity contribution in [3.63, 3.8) is 0 Å². The second-order valence-electron chi connectivity index (χ2n) is 2.76. The van der Waals surface area contributed by atoms with E-state index in [0.717, 1.165) is 12.8 Å². The topological polar surface area (TPSA) is 46.5 Å². The Morgan fingerprint density at radius 3 is 2.70 bits per heavy atom. The fourth-order valence-electron chi connectivity index (χ4n) is 1.08. The van der Waals surface area contributed by atoms with Gasteiger partial charge < -0.3 is 9.84 Å². The van der Waals surface area contributed by atoms with Gasteiger partial charge in [0.1, 0.15) is 0 Å². The quantitative estimate of drug-likeness (QED) is 0.594. The molecule has 1 fully saturated rings. The highest BCUT2D eigenvalue weighted by Gasteiger charge is 2.23. The number of aliphatic carboxylic acids is 1. The summed E-state index contributed by atoms with van der Waals surface area (Å²) in [5.74, 6) is -0.997. The van der Waals surface area contributed by atoms with Crippen LogP contribution < -0.4 is 0 Å². The van der Waals surface area contributed by atoms with Gasteiger partial charge in [-0.3, -0.25) is 4.79 Å². The fraction of sp³-hybridized carbons (Fsp3) is 0.857. The molecule has 3 heteroatoms. The molecule has 0 radical (unpaired) electrons. The summed E-state index contributed by atoms with van der Waals surface area (Å²) in [7, 11) is 0. The molecule has 1 aliphatic rings. The third-order valence-electron chi connectivity index (χ3n) is 1.85. The molecule has 0 aliphatic carbocycles. The number of carboxylic acid groups (broad SMARTS) is 1. The van der Waals surface area contributed by atoms with E-state index < -0.39 is 5.97 Å². The van der Waals surface area contributed by atoms with Crippen LogP contribution in [0.1, 0.15) is 19.8 Å². The lowest BCUT2D eigenvalue weighted by atomic mass is 10.00. The van der Waals surface area contributed by atoms with Gasteiger partial charge in [0, 0.05) is 0 Å². The van der Waals surface area contributed by atoms with Crippen LogP contribution in [0.15, 0.2) is 0 Å². The Balaban J connectivity index is 2.33. The molecule has 1 N–H and O–H groups in total. The van der Waals surface area contributed by atoms with E-state index in [1.807, 2.05) is 6.92 Å². The van der Waals surface area contributed by atoms with Crippen LogP contribution in [0.25, 0.3) is 0 Å². The van der Waals surface area contributed by atoms with Gasteiger partial charge in [0.05, 0.1) is 18.6 Å². The molecule has 10 heavy (non-hydrogen) atoms. The summed E-state index contributed by atoms with van der Waals surface area (Å²) in [6.45, 7) is 2.36. The van der Waals surface area contributed by atoms with E-state index >= 15 is 0 Å². The molecular formula is C7H12O3. The molecule has 0 saturated carbocycles. The van der Waals surface area contributed by atoms with E-state index in [2.05, 4.69) is 0 Å². The third-order valence-corrected chi connectivity index (χ3v) is 1.85. The smallest absolute Gasteiger partial charge is 0.308 e. The maximum atomic E-state index is 10.4. The minimum atomic E-state index is -0.730. The van der Waals surface area contributed by atoms with Gasteiger partial charge in [0.2, 0.25) is 0 Å². The van der Waals surface area contributed by atoms with Crippen molar-refractivity contribution in [2.24, 2.45) is 5.92 Å². The number of rotatable bonds is 1. The summed E-state index contributed by atoms with van der Waals surface area (Å²) < 4.78 is 5.17. The SMILES string of the molecule is C[C@@H]1CC[C@H](C(=O)O)CO1. The largest absolute Gasteiger partial charge is 0.481 e. The Hall–Kier alpha value is -0.570. The minimum absolute atomic E-state index is 0.246. The van der Waals surface area contributed by atoms with Crippen molar-refractivity contribution in [2.75, 3.05) is 6.61 Å². The van der Waals surface area contributed by atoms with Crippen LogP contribution in [0, 0.1) is 5.92 Å². The molecular weight excluding hydrogens is 132 g/mol. The van der Waals surface area contributed by atoms with Crippen molar-refractivity contribution < 1.29 is 14.6 Å². The molecule has 0 aromatic heterocycles. The molecule has 1 saturated heterocycles. The van der Waals surface area contributed by atoms with Crippen LogP contribution in [0.4, 0.5) is 0 Å². The van der Waals surface area contributed by atoms with E-state index in [1.165, 1.54) is 0 Å². The van der Waals surface area contributed by atoms with Crippen LogP contribution in [0.2, 0.25) is 0 Å². The van der Waals surface area contributed by atoms with Gasteiger partial charge in [0.25, 0.3) is 0 Å². The first-order valence-electron chi connectivity index (χ1n) is 3.54. The van der Waals surface area contributed by atoms with Gasteiger partial charge in [-0.05, 0) is 19.8 Å². The first-order valence-corrected chi connectivity index (χ1v) is 3.54. The maximum Gasteiger partial charge on any atom is 0.308 e. The fourth-order valence-corrected chi connectivity index (χ4v) is 1.08. The summed E-state index contributed by atoms with van der Waals surface area (Å²) in [4.78, 5) is 10.4. The van der Waals surface area contributed by atoms with E-state index in [1.54, 1.807) is 0 Å². The summed E-state index contributed by atoms with van der Waals surface area (Å²) in [6, 6.07) is 0. The van der Waals surface area contributed by atoms with E-state index in [0.29, 0.717) is 6.61 Å². The zero-order chi connectivity index (χ0) is 7.56. The summed E-state index contributed by atoms with van der Waals surface area (Å²) in [6.07, 6.45) is 1.88. The molecule has 0 aromatic carbocycles. The van der Waals surface area contributed by atoms with E-state index in [-0.39, 0.29) is 12.0 Å². The predicted octanol–water partition coefficient (Wildman–Crippen LogP) is 0.886. The summed E-state index contributed by atoms with van der Waals surface area (Å²) in [5, 5.41) is 8.54. The lowest BCUT2D eigenvalue weighted by Crippen LogP contribution is -2.28. The van der Waals surface area contributed by atoms with Crippen molar-refractivity contribution in [1.82, 2.24) is 0 Å². The molecule has 58 valence electrons. The van der Waals surface area contributed by atoms with Crippen molar-refractivity contribution in [1.29, 1.82) is 0 Å². The van der Waals surface area contributed by atoms with Gasteiger partial charge in [-0.1, -0.05) is 0 Å². The molecule has 0 unspecified atom stereocenters. The normalized spacial score (nSPS) is 33.7. The number of carboxylic acids is 1. The summed E-state index contributed by atoms with van der Waals surface area (Å²) in [5.41, 5.74) is 0. The molecule has 1 rings (SSSR count). The Morgan fingerprint density at radius 2 is 2.30 bits per heavy atom. The van der Waals surface area contributed by atoms with Crippen LogP contribution in [0.5, 0.6) is 0 Å². The zero-order valence-corrected chi connectivity index (χ0v) is 6.04. The van der Waals surface area contributed by atoms with Gasteiger partial charge in [0.15, 0.2) is 0 Å². The van der Waals surface area contributed by atoms with Gasteiger partial charge in [-0.15, -0.1) is 0 Å². The highest BCUT2D eigenvalue weighted by molar-refractivity contribution is 5.70. The monoisotopic (exact) mass is 144 g/mol. The Morgan fingerprint density at radius 1 is 1.60 bits per heavy atom. The molecule has 0 amide bonds. The van der Waals surface area contributed by atoms with Crippen LogP contribution in [-0.4, -0.2) is 23.8 Å². The standard InChI is InChI=1S/C7H12O3/c1-5-2-3-6(4-10-5)7(8)9/h5-6H,2-4H2,1H3,(H,8,9)/t5-,6+/m1/s1. The highest BCUT2D eigenvalue weighted by atomic mass is 16.5. The highest BCUT2D eigenvalue weighted by Crippen LogP contribution is 2.18. The Labute approximate surface area is 60.0 Å². The number of hydrogen-bond acceptors (Lipinski definition) is 2. The zero-order valence-electron chi connectivity index (χ0n) is 6.04. The Kier molecular flexibility index (Phi) is 2.27. The van der Waals surface area contributed by atoms with Gasteiger partial charge in [-0.25, -0.2) is 0 Å². The van der Waals surface area contributed by atoms with Crippen molar-refractivity contribution >= 4 is 5.97 Å². The van der Waals surface area contributed by atoms with Gasteiger partial charge in [-0.2, -0.15) is 0 Å². The molecule has 1 aliphatic heterocycles. The van der Waals surface area contributed by atoms with Crippen LogP contribution in [0.3, 0.4) is 0 Å². The average Bonchev–Trinajstić information content (AvgIpc) is 1.88. The maximum absolute atomic E-state index is 10.4. The number of ether oxygens (including phenoxy) is 1. The number of carbonyl (C=O) groups is 1.